The largest absolute Gasteiger partial charge is 0.378 e. The van der Waals surface area contributed by atoms with Crippen molar-refractivity contribution < 1.29 is 0 Å². The molecule has 1 heterocycles. The van der Waals surface area contributed by atoms with Gasteiger partial charge in [0.05, 0.1) is 0 Å². The number of benzene rings is 2. The summed E-state index contributed by atoms with van der Waals surface area (Å²) in [5, 5.41) is 3.63. The van der Waals surface area contributed by atoms with E-state index in [-0.39, 0.29) is 0 Å². The monoisotopic (exact) mass is 280 g/mol. The van der Waals surface area contributed by atoms with Gasteiger partial charge in [-0.3, -0.25) is 0 Å². The van der Waals surface area contributed by atoms with Crippen LogP contribution in [0.15, 0.2) is 48.5 Å². The highest BCUT2D eigenvalue weighted by atomic mass is 15.1. The zero-order valence-electron chi connectivity index (χ0n) is 13.0. The number of hydrogen-bond acceptors (Lipinski definition) is 2. The molecule has 0 spiro atoms. The van der Waals surface area contributed by atoms with Crippen molar-refractivity contribution in [3.05, 3.63) is 59.7 Å². The lowest BCUT2D eigenvalue weighted by Crippen LogP contribution is -2.17. The minimum atomic E-state index is 0.322. The SMILES string of the molecule is Cc1cc(N2CCCC2)ccc1NC(C)c1ccccc1. The van der Waals surface area contributed by atoms with Gasteiger partial charge in [-0.25, -0.2) is 0 Å². The van der Waals surface area contributed by atoms with E-state index in [4.69, 9.17) is 0 Å². The summed E-state index contributed by atoms with van der Waals surface area (Å²) in [6.45, 7) is 6.81. The number of nitrogens with zero attached hydrogens (tertiary/aromatic N) is 1. The van der Waals surface area contributed by atoms with Gasteiger partial charge in [-0.05, 0) is 56.0 Å². The van der Waals surface area contributed by atoms with Gasteiger partial charge in [0.1, 0.15) is 0 Å². The Hall–Kier alpha value is -1.96. The van der Waals surface area contributed by atoms with Crippen LogP contribution >= 0.6 is 0 Å². The summed E-state index contributed by atoms with van der Waals surface area (Å²) in [5.41, 5.74) is 5.24. The Balaban J connectivity index is 1.74. The maximum atomic E-state index is 3.63. The first-order valence-corrected chi connectivity index (χ1v) is 7.91. The van der Waals surface area contributed by atoms with Gasteiger partial charge in [0.15, 0.2) is 0 Å². The van der Waals surface area contributed by atoms with Gasteiger partial charge in [-0.15, -0.1) is 0 Å². The molecule has 0 amide bonds. The van der Waals surface area contributed by atoms with Crippen molar-refractivity contribution in [2.24, 2.45) is 0 Å². The highest BCUT2D eigenvalue weighted by Gasteiger charge is 2.13. The Kier molecular flexibility index (Phi) is 4.14. The maximum absolute atomic E-state index is 3.63. The van der Waals surface area contributed by atoms with Crippen molar-refractivity contribution in [3.63, 3.8) is 0 Å². The topological polar surface area (TPSA) is 15.3 Å². The molecule has 1 fully saturated rings. The molecule has 1 aliphatic rings. The van der Waals surface area contributed by atoms with E-state index < -0.39 is 0 Å². The zero-order chi connectivity index (χ0) is 14.7. The quantitative estimate of drug-likeness (QED) is 0.868. The first kappa shape index (κ1) is 14.0. The minimum Gasteiger partial charge on any atom is -0.378 e. The average molecular weight is 280 g/mol. The predicted octanol–water partition coefficient (Wildman–Crippen LogP) is 4.77. The van der Waals surface area contributed by atoms with E-state index in [1.54, 1.807) is 0 Å². The molecule has 2 heteroatoms. The van der Waals surface area contributed by atoms with Crippen LogP contribution in [0, 0.1) is 6.92 Å². The molecule has 1 saturated heterocycles. The Labute approximate surface area is 127 Å². The second-order valence-corrected chi connectivity index (χ2v) is 5.97. The highest BCUT2D eigenvalue weighted by molar-refractivity contribution is 5.61. The van der Waals surface area contributed by atoms with Crippen molar-refractivity contribution in [1.82, 2.24) is 0 Å². The van der Waals surface area contributed by atoms with Crippen LogP contribution in [-0.4, -0.2) is 13.1 Å². The Morgan fingerprint density at radius 1 is 1.00 bits per heavy atom. The summed E-state index contributed by atoms with van der Waals surface area (Å²) >= 11 is 0. The van der Waals surface area contributed by atoms with Gasteiger partial charge >= 0.3 is 0 Å². The van der Waals surface area contributed by atoms with Crippen molar-refractivity contribution >= 4 is 11.4 Å². The third kappa shape index (κ3) is 3.21. The van der Waals surface area contributed by atoms with Crippen LogP contribution in [0.5, 0.6) is 0 Å². The fourth-order valence-corrected chi connectivity index (χ4v) is 3.04. The molecule has 1 N–H and O–H groups in total. The molecule has 0 radical (unpaired) electrons. The van der Waals surface area contributed by atoms with E-state index in [2.05, 4.69) is 72.6 Å². The molecule has 0 bridgehead atoms. The molecule has 0 aliphatic carbocycles. The van der Waals surface area contributed by atoms with E-state index in [1.165, 1.54) is 48.4 Å². The lowest BCUT2D eigenvalue weighted by Gasteiger charge is -2.21. The second kappa shape index (κ2) is 6.21. The molecule has 1 unspecified atom stereocenters. The highest BCUT2D eigenvalue weighted by Crippen LogP contribution is 2.27. The van der Waals surface area contributed by atoms with Crippen LogP contribution < -0.4 is 10.2 Å². The van der Waals surface area contributed by atoms with E-state index in [9.17, 15) is 0 Å². The van der Waals surface area contributed by atoms with Crippen LogP contribution in [-0.2, 0) is 0 Å². The smallest absolute Gasteiger partial charge is 0.0485 e. The van der Waals surface area contributed by atoms with Crippen molar-refractivity contribution in [1.29, 1.82) is 0 Å². The van der Waals surface area contributed by atoms with Crippen LogP contribution in [0.4, 0.5) is 11.4 Å². The zero-order valence-corrected chi connectivity index (χ0v) is 13.0. The van der Waals surface area contributed by atoms with Crippen LogP contribution in [0.2, 0.25) is 0 Å². The Morgan fingerprint density at radius 3 is 2.38 bits per heavy atom. The summed E-state index contributed by atoms with van der Waals surface area (Å²) in [5.74, 6) is 0. The molecular weight excluding hydrogens is 256 g/mol. The van der Waals surface area contributed by atoms with Gasteiger partial charge in [-0.2, -0.15) is 0 Å². The summed E-state index contributed by atoms with van der Waals surface area (Å²) < 4.78 is 0. The van der Waals surface area contributed by atoms with Gasteiger partial charge in [0.25, 0.3) is 0 Å². The summed E-state index contributed by atoms with van der Waals surface area (Å²) in [6, 6.07) is 17.7. The van der Waals surface area contributed by atoms with E-state index in [1.807, 2.05) is 0 Å². The van der Waals surface area contributed by atoms with Crippen molar-refractivity contribution in [2.45, 2.75) is 32.7 Å². The number of anilines is 2. The number of rotatable bonds is 4. The summed E-state index contributed by atoms with van der Waals surface area (Å²) in [4.78, 5) is 2.48. The maximum Gasteiger partial charge on any atom is 0.0485 e. The third-order valence-corrected chi connectivity index (χ3v) is 4.35. The lowest BCUT2D eigenvalue weighted by atomic mass is 10.1. The van der Waals surface area contributed by atoms with Crippen LogP contribution in [0.25, 0.3) is 0 Å². The molecule has 0 saturated carbocycles. The molecule has 3 rings (SSSR count). The van der Waals surface area contributed by atoms with Crippen LogP contribution in [0.1, 0.15) is 36.9 Å². The van der Waals surface area contributed by atoms with Gasteiger partial charge < -0.3 is 10.2 Å². The first-order chi connectivity index (χ1) is 10.2. The van der Waals surface area contributed by atoms with Gasteiger partial charge in [0.2, 0.25) is 0 Å². The molecule has 2 aromatic rings. The Morgan fingerprint density at radius 2 is 1.71 bits per heavy atom. The standard InChI is InChI=1S/C19H24N2/c1-15-14-18(21-12-6-7-13-21)10-11-19(15)20-16(2)17-8-4-3-5-9-17/h3-5,8-11,14,16,20H,6-7,12-13H2,1-2H3. The molecule has 1 aliphatic heterocycles. The van der Waals surface area contributed by atoms with E-state index in [0.29, 0.717) is 6.04 Å². The Bertz CT molecular complexity index is 586. The minimum absolute atomic E-state index is 0.322. The van der Waals surface area contributed by atoms with Gasteiger partial charge in [0, 0.05) is 30.5 Å². The number of nitrogens with one attached hydrogen (secondary N) is 1. The van der Waals surface area contributed by atoms with Crippen molar-refractivity contribution in [2.75, 3.05) is 23.3 Å². The van der Waals surface area contributed by atoms with E-state index in [0.717, 1.165) is 0 Å². The fraction of sp³-hybridized carbons (Fsp3) is 0.368. The first-order valence-electron chi connectivity index (χ1n) is 7.91. The lowest BCUT2D eigenvalue weighted by molar-refractivity contribution is 0.882. The van der Waals surface area contributed by atoms with Gasteiger partial charge in [-0.1, -0.05) is 30.3 Å². The molecule has 1 atom stereocenters. The molecule has 110 valence electrons. The second-order valence-electron chi connectivity index (χ2n) is 5.97. The summed E-state index contributed by atoms with van der Waals surface area (Å²) in [6.07, 6.45) is 2.65. The number of hydrogen-bond donors (Lipinski definition) is 1. The molecular formula is C19H24N2. The normalized spacial score (nSPS) is 16.0. The third-order valence-electron chi connectivity index (χ3n) is 4.35. The fourth-order valence-electron chi connectivity index (χ4n) is 3.04. The molecule has 2 aromatic carbocycles. The average Bonchev–Trinajstić information content (AvgIpc) is 3.04. The van der Waals surface area contributed by atoms with Crippen molar-refractivity contribution in [3.8, 4) is 0 Å². The number of aryl methyl sites for hydroxylation is 1. The van der Waals surface area contributed by atoms with Crippen LogP contribution in [0.3, 0.4) is 0 Å². The molecule has 2 nitrogen and oxygen atoms in total. The summed E-state index contributed by atoms with van der Waals surface area (Å²) in [7, 11) is 0. The molecule has 21 heavy (non-hydrogen) atoms. The molecule has 0 aromatic heterocycles. The van der Waals surface area contributed by atoms with E-state index >= 15 is 0 Å². The predicted molar refractivity (Wildman–Crippen MR) is 91.1 cm³/mol.